The molecular weight excluding hydrogens is 280 g/mol. The van der Waals surface area contributed by atoms with Gasteiger partial charge in [-0.1, -0.05) is 0 Å². The Bertz CT molecular complexity index is 615. The Labute approximate surface area is 120 Å². The summed E-state index contributed by atoms with van der Waals surface area (Å²) in [6, 6.07) is 7.07. The minimum atomic E-state index is -2.89. The second-order valence-corrected chi connectivity index (χ2v) is 4.07. The third-order valence-electron chi connectivity index (χ3n) is 2.63. The van der Waals surface area contributed by atoms with E-state index in [0.717, 1.165) is 0 Å². The summed E-state index contributed by atoms with van der Waals surface area (Å²) in [6.07, 6.45) is 2.94. The number of benzene rings is 1. The van der Waals surface area contributed by atoms with Gasteiger partial charge in [-0.25, -0.2) is 0 Å². The van der Waals surface area contributed by atoms with Crippen molar-refractivity contribution in [2.45, 2.75) is 13.5 Å². The number of halogens is 2. The predicted molar refractivity (Wildman–Crippen MR) is 71.9 cm³/mol. The van der Waals surface area contributed by atoms with Crippen molar-refractivity contribution in [1.29, 1.82) is 0 Å². The highest BCUT2D eigenvalue weighted by atomic mass is 19.3. The zero-order valence-electron chi connectivity index (χ0n) is 11.3. The van der Waals surface area contributed by atoms with Crippen molar-refractivity contribution in [3.8, 4) is 11.5 Å². The van der Waals surface area contributed by atoms with Crippen LogP contribution >= 0.6 is 0 Å². The first-order valence-corrected chi connectivity index (χ1v) is 6.27. The van der Waals surface area contributed by atoms with E-state index in [1.165, 1.54) is 36.7 Å². The van der Waals surface area contributed by atoms with Crippen molar-refractivity contribution >= 4 is 5.78 Å². The summed E-state index contributed by atoms with van der Waals surface area (Å²) < 4.78 is 33.6. The minimum Gasteiger partial charge on any atom is -0.492 e. The third-order valence-corrected chi connectivity index (χ3v) is 2.63. The van der Waals surface area contributed by atoms with Gasteiger partial charge < -0.3 is 9.47 Å². The fraction of sp³-hybridized carbons (Fsp3) is 0.200. The van der Waals surface area contributed by atoms with Gasteiger partial charge in [0.25, 0.3) is 0 Å². The van der Waals surface area contributed by atoms with Crippen LogP contribution in [0.15, 0.2) is 42.7 Å². The van der Waals surface area contributed by atoms with Crippen LogP contribution < -0.4 is 9.47 Å². The lowest BCUT2D eigenvalue weighted by atomic mass is 10.0. The Kier molecular flexibility index (Phi) is 4.81. The highest BCUT2D eigenvalue weighted by Gasteiger charge is 2.11. The van der Waals surface area contributed by atoms with Crippen molar-refractivity contribution in [2.75, 3.05) is 6.61 Å². The average Bonchev–Trinajstić information content (AvgIpc) is 2.47. The molecule has 110 valence electrons. The standard InChI is InChI=1S/C15H13F2NO3/c1-2-20-13-7-11(8-18-9-13)14(19)10-3-5-12(6-4-10)21-15(16)17/h3-9,15H,2H2,1H3. The number of pyridine rings is 1. The van der Waals surface area contributed by atoms with Gasteiger partial charge >= 0.3 is 6.61 Å². The Balaban J connectivity index is 2.17. The number of alkyl halides is 2. The molecule has 0 fully saturated rings. The fourth-order valence-corrected chi connectivity index (χ4v) is 1.74. The van der Waals surface area contributed by atoms with Crippen LogP contribution in [0.25, 0.3) is 0 Å². The Morgan fingerprint density at radius 3 is 2.48 bits per heavy atom. The molecule has 0 atom stereocenters. The zero-order valence-corrected chi connectivity index (χ0v) is 11.3. The van der Waals surface area contributed by atoms with Gasteiger partial charge in [0.1, 0.15) is 11.5 Å². The highest BCUT2D eigenvalue weighted by Crippen LogP contribution is 2.19. The van der Waals surface area contributed by atoms with Crippen LogP contribution in [0.5, 0.6) is 11.5 Å². The average molecular weight is 293 g/mol. The highest BCUT2D eigenvalue weighted by molar-refractivity contribution is 6.09. The Morgan fingerprint density at radius 2 is 1.86 bits per heavy atom. The van der Waals surface area contributed by atoms with Crippen molar-refractivity contribution in [2.24, 2.45) is 0 Å². The van der Waals surface area contributed by atoms with Crippen LogP contribution in [-0.4, -0.2) is 24.0 Å². The second-order valence-electron chi connectivity index (χ2n) is 4.07. The molecule has 0 N–H and O–H groups in total. The molecule has 0 spiro atoms. The van der Waals surface area contributed by atoms with E-state index in [0.29, 0.717) is 23.5 Å². The molecule has 2 aromatic rings. The van der Waals surface area contributed by atoms with Crippen LogP contribution in [0, 0.1) is 0 Å². The quantitative estimate of drug-likeness (QED) is 0.767. The number of ketones is 1. The van der Waals surface area contributed by atoms with Crippen molar-refractivity contribution in [1.82, 2.24) is 4.98 Å². The smallest absolute Gasteiger partial charge is 0.387 e. The fourth-order valence-electron chi connectivity index (χ4n) is 1.74. The SMILES string of the molecule is CCOc1cncc(C(=O)c2ccc(OC(F)F)cc2)c1. The minimum absolute atomic E-state index is 0.00254. The van der Waals surface area contributed by atoms with Gasteiger partial charge in [0.15, 0.2) is 5.78 Å². The molecule has 4 nitrogen and oxygen atoms in total. The predicted octanol–water partition coefficient (Wildman–Crippen LogP) is 3.31. The van der Waals surface area contributed by atoms with Gasteiger partial charge in [-0.05, 0) is 37.3 Å². The summed E-state index contributed by atoms with van der Waals surface area (Å²) in [7, 11) is 0. The first kappa shape index (κ1) is 14.9. The molecule has 0 saturated carbocycles. The number of ether oxygens (including phenoxy) is 2. The molecule has 0 saturated heterocycles. The third kappa shape index (κ3) is 3.98. The summed E-state index contributed by atoms with van der Waals surface area (Å²) in [4.78, 5) is 16.2. The number of nitrogens with zero attached hydrogens (tertiary/aromatic N) is 1. The van der Waals surface area contributed by atoms with E-state index in [-0.39, 0.29) is 11.5 Å². The van der Waals surface area contributed by atoms with Gasteiger partial charge in [-0.2, -0.15) is 8.78 Å². The number of rotatable bonds is 6. The van der Waals surface area contributed by atoms with Crippen LogP contribution in [0.1, 0.15) is 22.8 Å². The molecule has 1 aromatic carbocycles. The number of aromatic nitrogens is 1. The van der Waals surface area contributed by atoms with Crippen LogP contribution in [0.2, 0.25) is 0 Å². The van der Waals surface area contributed by atoms with E-state index in [9.17, 15) is 13.6 Å². The normalized spacial score (nSPS) is 10.5. The van der Waals surface area contributed by atoms with Crippen molar-refractivity contribution in [3.05, 3.63) is 53.9 Å². The van der Waals surface area contributed by atoms with E-state index >= 15 is 0 Å². The molecule has 0 unspecified atom stereocenters. The largest absolute Gasteiger partial charge is 0.492 e. The van der Waals surface area contributed by atoms with E-state index in [1.54, 1.807) is 6.07 Å². The zero-order chi connectivity index (χ0) is 15.2. The maximum absolute atomic E-state index is 12.3. The summed E-state index contributed by atoms with van der Waals surface area (Å²) in [5.74, 6) is 0.233. The van der Waals surface area contributed by atoms with Gasteiger partial charge in [-0.3, -0.25) is 9.78 Å². The molecule has 0 aliphatic heterocycles. The van der Waals surface area contributed by atoms with Crippen molar-refractivity contribution < 1.29 is 23.0 Å². The van der Waals surface area contributed by atoms with E-state index < -0.39 is 6.61 Å². The lowest BCUT2D eigenvalue weighted by Gasteiger charge is -2.07. The second kappa shape index (κ2) is 6.78. The molecule has 0 bridgehead atoms. The van der Waals surface area contributed by atoms with Crippen LogP contribution in [0.3, 0.4) is 0 Å². The lowest BCUT2D eigenvalue weighted by Crippen LogP contribution is -2.04. The van der Waals surface area contributed by atoms with Crippen molar-refractivity contribution in [3.63, 3.8) is 0 Å². The molecule has 2 rings (SSSR count). The molecule has 0 aliphatic rings. The summed E-state index contributed by atoms with van der Waals surface area (Å²) in [6.45, 7) is -0.589. The van der Waals surface area contributed by atoms with E-state index in [1.807, 2.05) is 6.92 Å². The summed E-state index contributed by atoms with van der Waals surface area (Å²) >= 11 is 0. The lowest BCUT2D eigenvalue weighted by molar-refractivity contribution is -0.0498. The number of hydrogen-bond donors (Lipinski definition) is 0. The van der Waals surface area contributed by atoms with E-state index in [4.69, 9.17) is 4.74 Å². The molecule has 21 heavy (non-hydrogen) atoms. The number of carbonyl (C=O) groups is 1. The number of carbonyl (C=O) groups excluding carboxylic acids is 1. The Hall–Kier alpha value is -2.50. The first-order chi connectivity index (χ1) is 10.1. The Morgan fingerprint density at radius 1 is 1.14 bits per heavy atom. The summed E-state index contributed by atoms with van der Waals surface area (Å²) in [5, 5.41) is 0. The van der Waals surface area contributed by atoms with Crippen LogP contribution in [0.4, 0.5) is 8.78 Å². The van der Waals surface area contributed by atoms with Gasteiger partial charge in [0, 0.05) is 17.3 Å². The van der Waals surface area contributed by atoms with E-state index in [2.05, 4.69) is 9.72 Å². The molecule has 0 radical (unpaired) electrons. The molecule has 1 heterocycles. The first-order valence-electron chi connectivity index (χ1n) is 6.27. The van der Waals surface area contributed by atoms with Gasteiger partial charge in [-0.15, -0.1) is 0 Å². The molecule has 0 aliphatic carbocycles. The van der Waals surface area contributed by atoms with Gasteiger partial charge in [0.2, 0.25) is 0 Å². The molecule has 1 aromatic heterocycles. The molecule has 0 amide bonds. The monoisotopic (exact) mass is 293 g/mol. The number of hydrogen-bond acceptors (Lipinski definition) is 4. The molecular formula is C15H13F2NO3. The van der Waals surface area contributed by atoms with Crippen LogP contribution in [-0.2, 0) is 0 Å². The molecule has 6 heteroatoms. The topological polar surface area (TPSA) is 48.4 Å². The van der Waals surface area contributed by atoms with Gasteiger partial charge in [0.05, 0.1) is 12.8 Å². The maximum atomic E-state index is 12.3. The maximum Gasteiger partial charge on any atom is 0.387 e. The summed E-state index contributed by atoms with van der Waals surface area (Å²) in [5.41, 5.74) is 0.718.